The fraction of sp³-hybridized carbons (Fsp3) is 0.394. The summed E-state index contributed by atoms with van der Waals surface area (Å²) in [5, 5.41) is 3.43. The molecule has 1 aliphatic carbocycles. The zero-order valence-corrected chi connectivity index (χ0v) is 23.8. The molecule has 1 N–H and O–H groups in total. The van der Waals surface area contributed by atoms with E-state index in [-0.39, 0.29) is 30.2 Å². The van der Waals surface area contributed by atoms with Gasteiger partial charge in [-0.1, -0.05) is 81.5 Å². The molecule has 2 aliphatic rings. The predicted molar refractivity (Wildman–Crippen MR) is 158 cm³/mol. The minimum atomic E-state index is -1.26. The Morgan fingerprint density at radius 2 is 1.70 bits per heavy atom. The van der Waals surface area contributed by atoms with E-state index in [9.17, 15) is 14.0 Å². The van der Waals surface area contributed by atoms with E-state index in [2.05, 4.69) is 22.9 Å². The van der Waals surface area contributed by atoms with Gasteiger partial charge in [0.25, 0.3) is 11.8 Å². The molecule has 208 valence electrons. The molecule has 0 bridgehead atoms. The van der Waals surface area contributed by atoms with E-state index in [1.807, 2.05) is 36.4 Å². The van der Waals surface area contributed by atoms with Crippen molar-refractivity contribution in [3.05, 3.63) is 94.2 Å². The van der Waals surface area contributed by atoms with Crippen molar-refractivity contribution in [2.45, 2.75) is 83.0 Å². The zero-order chi connectivity index (χ0) is 27.7. The van der Waals surface area contributed by atoms with Crippen LogP contribution in [0, 0.1) is 5.82 Å². The van der Waals surface area contributed by atoms with Gasteiger partial charge in [-0.25, -0.2) is 4.39 Å². The Morgan fingerprint density at radius 1 is 1.00 bits per heavy atom. The van der Waals surface area contributed by atoms with Crippen LogP contribution in [-0.2, 0) is 29.8 Å². The molecule has 3 heterocycles. The first kappa shape index (κ1) is 26.8. The molecule has 4 aromatic rings. The molecule has 2 amide bonds. The van der Waals surface area contributed by atoms with Gasteiger partial charge in [0.1, 0.15) is 11.5 Å². The minimum absolute atomic E-state index is 0.0788. The standard InChI is InChI=1S/C33H36FN3O2S/c1-2-27-19-28-30(40-27)20-29-31(38)37(21-23-15-17-25(34)18-16-23)33(22-36(28)29,24-11-7-6-8-12-24)32(39)35-26-13-9-4-3-5-10-14-26/h6-8,11-12,15-20,26H,2-5,9-10,13-14,21-22H2,1H3,(H,35,39)/t33-/m1/s1. The Kier molecular flexibility index (Phi) is 7.49. The van der Waals surface area contributed by atoms with Gasteiger partial charge in [-0.15, -0.1) is 11.3 Å². The van der Waals surface area contributed by atoms with Crippen LogP contribution < -0.4 is 5.32 Å². The first-order valence-corrected chi connectivity index (χ1v) is 15.4. The summed E-state index contributed by atoms with van der Waals surface area (Å²) in [6.07, 6.45) is 8.64. The number of aromatic nitrogens is 1. The molecule has 0 radical (unpaired) electrons. The molecule has 2 aromatic heterocycles. The average molecular weight is 558 g/mol. The largest absolute Gasteiger partial charge is 0.351 e. The number of fused-ring (bicyclic) bond motifs is 3. The van der Waals surface area contributed by atoms with E-state index in [1.165, 1.54) is 36.3 Å². The molecule has 0 unspecified atom stereocenters. The monoisotopic (exact) mass is 557 g/mol. The first-order valence-electron chi connectivity index (χ1n) is 14.5. The van der Waals surface area contributed by atoms with Crippen molar-refractivity contribution in [1.82, 2.24) is 14.8 Å². The number of nitrogens with one attached hydrogen (secondary N) is 1. The Labute approximate surface area is 239 Å². The van der Waals surface area contributed by atoms with Crippen LogP contribution in [0.5, 0.6) is 0 Å². The third-order valence-corrected chi connectivity index (χ3v) is 9.84. The highest BCUT2D eigenvalue weighted by Gasteiger charge is 2.53. The maximum atomic E-state index is 14.7. The fourth-order valence-electron chi connectivity index (χ4n) is 6.41. The summed E-state index contributed by atoms with van der Waals surface area (Å²) >= 11 is 1.70. The predicted octanol–water partition coefficient (Wildman–Crippen LogP) is 7.18. The van der Waals surface area contributed by atoms with Crippen molar-refractivity contribution >= 4 is 33.4 Å². The lowest BCUT2D eigenvalue weighted by Crippen LogP contribution is -2.64. The number of rotatable bonds is 6. The number of halogens is 1. The number of amides is 2. The van der Waals surface area contributed by atoms with E-state index in [0.717, 1.165) is 53.4 Å². The molecule has 1 aliphatic heterocycles. The van der Waals surface area contributed by atoms with Crippen LogP contribution in [-0.4, -0.2) is 27.3 Å². The second-order valence-electron chi connectivity index (χ2n) is 11.2. The molecule has 0 saturated heterocycles. The van der Waals surface area contributed by atoms with E-state index in [4.69, 9.17) is 0 Å². The molecular weight excluding hydrogens is 521 g/mol. The van der Waals surface area contributed by atoms with Crippen molar-refractivity contribution in [1.29, 1.82) is 0 Å². The van der Waals surface area contributed by atoms with Crippen LogP contribution in [0.1, 0.15) is 78.4 Å². The first-order chi connectivity index (χ1) is 19.5. The Morgan fingerprint density at radius 3 is 2.40 bits per heavy atom. The van der Waals surface area contributed by atoms with E-state index in [1.54, 1.807) is 28.4 Å². The molecule has 1 saturated carbocycles. The Balaban J connectivity index is 1.50. The minimum Gasteiger partial charge on any atom is -0.351 e. The highest BCUT2D eigenvalue weighted by molar-refractivity contribution is 7.19. The summed E-state index contributed by atoms with van der Waals surface area (Å²) in [6.45, 7) is 2.65. The lowest BCUT2D eigenvalue weighted by atomic mass is 9.83. The second kappa shape index (κ2) is 11.2. The second-order valence-corrected chi connectivity index (χ2v) is 12.4. The van der Waals surface area contributed by atoms with Gasteiger partial charge in [-0.2, -0.15) is 0 Å². The quantitative estimate of drug-likeness (QED) is 0.273. The van der Waals surface area contributed by atoms with Crippen LogP contribution in [0.25, 0.3) is 10.2 Å². The van der Waals surface area contributed by atoms with Crippen LogP contribution >= 0.6 is 11.3 Å². The summed E-state index contributed by atoms with van der Waals surface area (Å²) in [7, 11) is 0. The van der Waals surface area contributed by atoms with Gasteiger partial charge in [0.05, 0.1) is 16.8 Å². The Bertz CT molecular complexity index is 1500. The molecule has 40 heavy (non-hydrogen) atoms. The number of aryl methyl sites for hydroxylation is 1. The number of benzene rings is 2. The lowest BCUT2D eigenvalue weighted by Gasteiger charge is -2.47. The summed E-state index contributed by atoms with van der Waals surface area (Å²) in [6, 6.07) is 20.1. The topological polar surface area (TPSA) is 54.3 Å². The zero-order valence-electron chi connectivity index (χ0n) is 23.0. The molecule has 2 aromatic carbocycles. The number of carbonyl (C=O) groups excluding carboxylic acids is 2. The van der Waals surface area contributed by atoms with Crippen molar-refractivity contribution in [3.8, 4) is 0 Å². The molecule has 6 rings (SSSR count). The van der Waals surface area contributed by atoms with Gasteiger partial charge in [0.2, 0.25) is 0 Å². The molecule has 1 atom stereocenters. The van der Waals surface area contributed by atoms with Gasteiger partial charge < -0.3 is 14.8 Å². The van der Waals surface area contributed by atoms with Crippen molar-refractivity contribution in [3.63, 3.8) is 0 Å². The molecular formula is C33H36FN3O2S. The summed E-state index contributed by atoms with van der Waals surface area (Å²) in [4.78, 5) is 32.2. The number of carbonyl (C=O) groups is 2. The number of hydrogen-bond acceptors (Lipinski definition) is 3. The Hall–Kier alpha value is -3.45. The van der Waals surface area contributed by atoms with Gasteiger partial charge in [0, 0.05) is 17.5 Å². The smallest absolute Gasteiger partial charge is 0.272 e. The van der Waals surface area contributed by atoms with Gasteiger partial charge in [0.15, 0.2) is 5.54 Å². The fourth-order valence-corrected chi connectivity index (χ4v) is 7.45. The molecule has 0 spiro atoms. The number of nitrogens with zero attached hydrogens (tertiary/aromatic N) is 2. The summed E-state index contributed by atoms with van der Waals surface area (Å²) in [5.41, 5.74) is 1.90. The summed E-state index contributed by atoms with van der Waals surface area (Å²) in [5.74, 6) is -0.655. The van der Waals surface area contributed by atoms with Crippen molar-refractivity contribution in [2.75, 3.05) is 0 Å². The normalized spacial score (nSPS) is 20.2. The summed E-state index contributed by atoms with van der Waals surface area (Å²) < 4.78 is 16.9. The van der Waals surface area contributed by atoms with Crippen LogP contribution in [0.15, 0.2) is 66.7 Å². The van der Waals surface area contributed by atoms with Crippen LogP contribution in [0.4, 0.5) is 4.39 Å². The maximum Gasteiger partial charge on any atom is 0.272 e. The van der Waals surface area contributed by atoms with Crippen molar-refractivity contribution in [2.24, 2.45) is 0 Å². The number of thiophene rings is 1. The van der Waals surface area contributed by atoms with Crippen LogP contribution in [0.3, 0.4) is 0 Å². The highest BCUT2D eigenvalue weighted by Crippen LogP contribution is 2.42. The van der Waals surface area contributed by atoms with Gasteiger partial charge in [-0.3, -0.25) is 9.59 Å². The SMILES string of the molecule is CCc1cc2c(cc3n2C[C@](C(=O)NC2CCCCCCC2)(c2ccccc2)N(Cc2ccc(F)cc2)C3=O)s1. The maximum absolute atomic E-state index is 14.7. The molecule has 7 heteroatoms. The third kappa shape index (κ3) is 4.85. The average Bonchev–Trinajstić information content (AvgIpc) is 3.51. The van der Waals surface area contributed by atoms with Gasteiger partial charge >= 0.3 is 0 Å². The lowest BCUT2D eigenvalue weighted by molar-refractivity contribution is -0.136. The number of hydrogen-bond donors (Lipinski definition) is 1. The third-order valence-electron chi connectivity index (χ3n) is 8.62. The highest BCUT2D eigenvalue weighted by atomic mass is 32.1. The van der Waals surface area contributed by atoms with E-state index >= 15 is 0 Å². The van der Waals surface area contributed by atoms with Crippen molar-refractivity contribution < 1.29 is 14.0 Å². The molecule has 5 nitrogen and oxygen atoms in total. The van der Waals surface area contributed by atoms with Gasteiger partial charge in [-0.05, 0) is 54.7 Å². The van der Waals surface area contributed by atoms with E-state index in [0.29, 0.717) is 12.2 Å². The van der Waals surface area contributed by atoms with Crippen LogP contribution in [0.2, 0.25) is 0 Å². The van der Waals surface area contributed by atoms with E-state index < -0.39 is 5.54 Å². The molecule has 1 fully saturated rings.